The van der Waals surface area contributed by atoms with Crippen LogP contribution >= 0.6 is 0 Å². The maximum atomic E-state index is 11.2. The zero-order valence-electron chi connectivity index (χ0n) is 8.25. The summed E-state index contributed by atoms with van der Waals surface area (Å²) in [6, 6.07) is 0. The standard InChI is InChI=1S/C10H19NO2/c1-2-11-10(13)7-8-5-3-4-6-9(8)12/h8-9,12H,2-7H2,1H3,(H,11,13)/t8-,9+/m1/s1. The Labute approximate surface area is 79.5 Å². The molecule has 1 fully saturated rings. The summed E-state index contributed by atoms with van der Waals surface area (Å²) in [5.41, 5.74) is 0. The molecule has 76 valence electrons. The van der Waals surface area contributed by atoms with E-state index in [-0.39, 0.29) is 17.9 Å². The second-order valence-electron chi connectivity index (χ2n) is 3.77. The highest BCUT2D eigenvalue weighted by Gasteiger charge is 2.24. The second kappa shape index (κ2) is 5.22. The third-order valence-electron chi connectivity index (χ3n) is 2.69. The fourth-order valence-electron chi connectivity index (χ4n) is 1.93. The molecule has 0 bridgehead atoms. The van der Waals surface area contributed by atoms with Gasteiger partial charge in [0.15, 0.2) is 0 Å². The molecule has 0 unspecified atom stereocenters. The van der Waals surface area contributed by atoms with Crippen molar-refractivity contribution in [3.63, 3.8) is 0 Å². The first-order valence-electron chi connectivity index (χ1n) is 5.18. The molecule has 1 saturated carbocycles. The van der Waals surface area contributed by atoms with Crippen molar-refractivity contribution in [3.8, 4) is 0 Å². The molecule has 1 aliphatic rings. The minimum atomic E-state index is -0.253. The van der Waals surface area contributed by atoms with E-state index in [1.165, 1.54) is 0 Å². The summed E-state index contributed by atoms with van der Waals surface area (Å²) < 4.78 is 0. The fourth-order valence-corrected chi connectivity index (χ4v) is 1.93. The Balaban J connectivity index is 2.29. The number of rotatable bonds is 3. The Kier molecular flexibility index (Phi) is 4.22. The van der Waals surface area contributed by atoms with E-state index >= 15 is 0 Å². The van der Waals surface area contributed by atoms with Gasteiger partial charge in [-0.1, -0.05) is 12.8 Å². The molecule has 0 spiro atoms. The van der Waals surface area contributed by atoms with Crippen LogP contribution in [0.1, 0.15) is 39.0 Å². The topological polar surface area (TPSA) is 49.3 Å². The molecule has 0 aromatic rings. The van der Waals surface area contributed by atoms with Crippen LogP contribution in [0.4, 0.5) is 0 Å². The van der Waals surface area contributed by atoms with Gasteiger partial charge in [0.2, 0.25) is 5.91 Å². The van der Waals surface area contributed by atoms with E-state index in [9.17, 15) is 9.90 Å². The van der Waals surface area contributed by atoms with Crippen LogP contribution in [0.25, 0.3) is 0 Å². The smallest absolute Gasteiger partial charge is 0.220 e. The van der Waals surface area contributed by atoms with Crippen LogP contribution in [0.3, 0.4) is 0 Å². The first-order valence-corrected chi connectivity index (χ1v) is 5.18. The zero-order valence-corrected chi connectivity index (χ0v) is 8.25. The predicted molar refractivity (Wildman–Crippen MR) is 51.3 cm³/mol. The lowest BCUT2D eigenvalue weighted by molar-refractivity contribution is -0.123. The van der Waals surface area contributed by atoms with Crippen molar-refractivity contribution < 1.29 is 9.90 Å². The molecule has 1 amide bonds. The zero-order chi connectivity index (χ0) is 9.68. The van der Waals surface area contributed by atoms with Crippen molar-refractivity contribution in [3.05, 3.63) is 0 Å². The Morgan fingerprint density at radius 2 is 2.15 bits per heavy atom. The minimum Gasteiger partial charge on any atom is -0.393 e. The summed E-state index contributed by atoms with van der Waals surface area (Å²) >= 11 is 0. The molecule has 1 rings (SSSR count). The number of nitrogens with one attached hydrogen (secondary N) is 1. The Morgan fingerprint density at radius 3 is 2.77 bits per heavy atom. The molecule has 0 aliphatic heterocycles. The van der Waals surface area contributed by atoms with Crippen LogP contribution in [-0.2, 0) is 4.79 Å². The molecule has 1 aliphatic carbocycles. The van der Waals surface area contributed by atoms with E-state index in [2.05, 4.69) is 5.32 Å². The minimum absolute atomic E-state index is 0.0773. The highest BCUT2D eigenvalue weighted by molar-refractivity contribution is 5.76. The van der Waals surface area contributed by atoms with Gasteiger partial charge in [0.05, 0.1) is 6.10 Å². The van der Waals surface area contributed by atoms with Crippen LogP contribution in [0.15, 0.2) is 0 Å². The Bertz CT molecular complexity index is 170. The normalized spacial score (nSPS) is 28.5. The van der Waals surface area contributed by atoms with Gasteiger partial charge >= 0.3 is 0 Å². The number of carbonyl (C=O) groups is 1. The fraction of sp³-hybridized carbons (Fsp3) is 0.900. The van der Waals surface area contributed by atoms with E-state index in [0.717, 1.165) is 25.7 Å². The van der Waals surface area contributed by atoms with Crippen LogP contribution in [0, 0.1) is 5.92 Å². The lowest BCUT2D eigenvalue weighted by atomic mass is 9.84. The molecule has 3 heteroatoms. The van der Waals surface area contributed by atoms with Crippen molar-refractivity contribution in [1.29, 1.82) is 0 Å². The maximum Gasteiger partial charge on any atom is 0.220 e. The molecule has 2 atom stereocenters. The first-order chi connectivity index (χ1) is 6.24. The van der Waals surface area contributed by atoms with Crippen molar-refractivity contribution in [1.82, 2.24) is 5.32 Å². The van der Waals surface area contributed by atoms with E-state index in [1.807, 2.05) is 6.92 Å². The van der Waals surface area contributed by atoms with Gasteiger partial charge in [-0.05, 0) is 25.7 Å². The van der Waals surface area contributed by atoms with E-state index in [1.54, 1.807) is 0 Å². The molecule has 0 aromatic heterocycles. The van der Waals surface area contributed by atoms with E-state index in [4.69, 9.17) is 0 Å². The molecular weight excluding hydrogens is 166 g/mol. The maximum absolute atomic E-state index is 11.2. The largest absolute Gasteiger partial charge is 0.393 e. The highest BCUT2D eigenvalue weighted by Crippen LogP contribution is 2.26. The lowest BCUT2D eigenvalue weighted by Crippen LogP contribution is -2.31. The first kappa shape index (κ1) is 10.5. The average Bonchev–Trinajstić information content (AvgIpc) is 2.09. The SMILES string of the molecule is CCNC(=O)C[C@H]1CCCC[C@@H]1O. The molecule has 2 N–H and O–H groups in total. The van der Waals surface area contributed by atoms with Crippen molar-refractivity contribution in [2.75, 3.05) is 6.54 Å². The molecule has 0 aromatic carbocycles. The van der Waals surface area contributed by atoms with E-state index < -0.39 is 0 Å². The third kappa shape index (κ3) is 3.35. The Hall–Kier alpha value is -0.570. The van der Waals surface area contributed by atoms with Gasteiger partial charge < -0.3 is 10.4 Å². The summed E-state index contributed by atoms with van der Waals surface area (Å²) in [5.74, 6) is 0.272. The summed E-state index contributed by atoms with van der Waals surface area (Å²) in [6.07, 6.45) is 4.36. The van der Waals surface area contributed by atoms with E-state index in [0.29, 0.717) is 13.0 Å². The molecule has 13 heavy (non-hydrogen) atoms. The number of hydrogen-bond acceptors (Lipinski definition) is 2. The summed E-state index contributed by atoms with van der Waals surface area (Å²) in [4.78, 5) is 11.2. The van der Waals surface area contributed by atoms with Gasteiger partial charge in [0.1, 0.15) is 0 Å². The number of aliphatic hydroxyl groups excluding tert-OH is 1. The van der Waals surface area contributed by atoms with Crippen LogP contribution in [0.5, 0.6) is 0 Å². The number of hydrogen-bond donors (Lipinski definition) is 2. The summed E-state index contributed by atoms with van der Waals surface area (Å²) in [7, 11) is 0. The van der Waals surface area contributed by atoms with Crippen molar-refractivity contribution in [2.45, 2.75) is 45.1 Å². The average molecular weight is 185 g/mol. The summed E-state index contributed by atoms with van der Waals surface area (Å²) in [5, 5.41) is 12.4. The lowest BCUT2D eigenvalue weighted by Gasteiger charge is -2.26. The monoisotopic (exact) mass is 185 g/mol. The van der Waals surface area contributed by atoms with Gasteiger partial charge in [-0.3, -0.25) is 4.79 Å². The predicted octanol–water partition coefficient (Wildman–Crippen LogP) is 1.06. The van der Waals surface area contributed by atoms with Gasteiger partial charge in [-0.25, -0.2) is 0 Å². The quantitative estimate of drug-likeness (QED) is 0.691. The number of aliphatic hydroxyl groups is 1. The van der Waals surface area contributed by atoms with Gasteiger partial charge in [0, 0.05) is 13.0 Å². The van der Waals surface area contributed by atoms with Crippen molar-refractivity contribution in [2.24, 2.45) is 5.92 Å². The molecule has 0 radical (unpaired) electrons. The highest BCUT2D eigenvalue weighted by atomic mass is 16.3. The molecule has 0 saturated heterocycles. The molecule has 0 heterocycles. The van der Waals surface area contributed by atoms with Gasteiger partial charge in [-0.15, -0.1) is 0 Å². The molecule has 3 nitrogen and oxygen atoms in total. The summed E-state index contributed by atoms with van der Waals surface area (Å²) in [6.45, 7) is 2.59. The second-order valence-corrected chi connectivity index (χ2v) is 3.77. The number of carbonyl (C=O) groups excluding carboxylic acids is 1. The van der Waals surface area contributed by atoms with Crippen LogP contribution in [0.2, 0.25) is 0 Å². The van der Waals surface area contributed by atoms with Crippen molar-refractivity contribution >= 4 is 5.91 Å². The van der Waals surface area contributed by atoms with Crippen LogP contribution < -0.4 is 5.32 Å². The third-order valence-corrected chi connectivity index (χ3v) is 2.69. The molecular formula is C10H19NO2. The van der Waals surface area contributed by atoms with Gasteiger partial charge in [-0.2, -0.15) is 0 Å². The Morgan fingerprint density at radius 1 is 1.46 bits per heavy atom. The number of amides is 1. The van der Waals surface area contributed by atoms with Crippen LogP contribution in [-0.4, -0.2) is 23.7 Å². The van der Waals surface area contributed by atoms with Gasteiger partial charge in [0.25, 0.3) is 0 Å².